The maximum Gasteiger partial charge on any atom is 0.433 e. The first-order valence-electron chi connectivity index (χ1n) is 8.18. The Kier molecular flexibility index (Phi) is 4.96. The van der Waals surface area contributed by atoms with E-state index in [9.17, 15) is 18.0 Å². The van der Waals surface area contributed by atoms with Crippen LogP contribution in [0.1, 0.15) is 30.5 Å². The van der Waals surface area contributed by atoms with E-state index in [1.54, 1.807) is 0 Å². The van der Waals surface area contributed by atoms with Gasteiger partial charge in [-0.05, 0) is 37.0 Å². The molecular formula is C17H19F3N4O. The Morgan fingerprint density at radius 1 is 1.12 bits per heavy atom. The number of benzene rings is 1. The van der Waals surface area contributed by atoms with E-state index in [0.29, 0.717) is 6.07 Å². The van der Waals surface area contributed by atoms with Gasteiger partial charge >= 0.3 is 6.18 Å². The average molecular weight is 352 g/mol. The second kappa shape index (κ2) is 7.16. The third kappa shape index (κ3) is 4.52. The minimum absolute atomic E-state index is 0.195. The van der Waals surface area contributed by atoms with Crippen LogP contribution in [-0.2, 0) is 12.7 Å². The lowest BCUT2D eigenvalue weighted by Gasteiger charge is -2.28. The fourth-order valence-electron chi connectivity index (χ4n) is 2.85. The van der Waals surface area contributed by atoms with Gasteiger partial charge in [0.15, 0.2) is 5.69 Å². The maximum absolute atomic E-state index is 12.7. The second-order valence-corrected chi connectivity index (χ2v) is 6.04. The van der Waals surface area contributed by atoms with E-state index in [2.05, 4.69) is 20.2 Å². The Morgan fingerprint density at radius 3 is 2.44 bits per heavy atom. The molecule has 2 N–H and O–H groups in total. The zero-order valence-electron chi connectivity index (χ0n) is 13.6. The highest BCUT2D eigenvalue weighted by Gasteiger charge is 2.33. The molecule has 1 aromatic carbocycles. The van der Waals surface area contributed by atoms with Crippen LogP contribution < -0.4 is 15.8 Å². The van der Waals surface area contributed by atoms with Crippen molar-refractivity contribution in [2.45, 2.75) is 32.0 Å². The smallest absolute Gasteiger partial charge is 0.372 e. The SMILES string of the molecule is O=c1cc(C(F)(F)F)nc(NCc2ccc(N3CCCCC3)cc2)[nH]1. The summed E-state index contributed by atoms with van der Waals surface area (Å²) in [6.45, 7) is 2.37. The molecule has 1 fully saturated rings. The topological polar surface area (TPSA) is 61.0 Å². The lowest BCUT2D eigenvalue weighted by atomic mass is 10.1. The molecule has 0 aliphatic carbocycles. The molecule has 2 heterocycles. The Balaban J connectivity index is 1.65. The number of piperidine rings is 1. The summed E-state index contributed by atoms with van der Waals surface area (Å²) in [5, 5.41) is 2.73. The second-order valence-electron chi connectivity index (χ2n) is 6.04. The van der Waals surface area contributed by atoms with Crippen molar-refractivity contribution in [2.75, 3.05) is 23.3 Å². The Labute approximate surface area is 142 Å². The summed E-state index contributed by atoms with van der Waals surface area (Å²) in [4.78, 5) is 19.4. The van der Waals surface area contributed by atoms with Crippen molar-refractivity contribution in [2.24, 2.45) is 0 Å². The van der Waals surface area contributed by atoms with Crippen molar-refractivity contribution >= 4 is 11.6 Å². The van der Waals surface area contributed by atoms with Gasteiger partial charge in [-0.2, -0.15) is 13.2 Å². The first kappa shape index (κ1) is 17.3. The van der Waals surface area contributed by atoms with Gasteiger partial charge in [0.2, 0.25) is 5.95 Å². The van der Waals surface area contributed by atoms with Crippen molar-refractivity contribution in [3.8, 4) is 0 Å². The van der Waals surface area contributed by atoms with Crippen LogP contribution in [0.15, 0.2) is 35.1 Å². The predicted octanol–water partition coefficient (Wildman–Crippen LogP) is 3.39. The van der Waals surface area contributed by atoms with Gasteiger partial charge < -0.3 is 10.2 Å². The van der Waals surface area contributed by atoms with Crippen molar-refractivity contribution in [3.05, 3.63) is 51.9 Å². The molecule has 5 nitrogen and oxygen atoms in total. The highest BCUT2D eigenvalue weighted by molar-refractivity contribution is 5.48. The first-order valence-corrected chi connectivity index (χ1v) is 8.18. The number of anilines is 2. The summed E-state index contributed by atoms with van der Waals surface area (Å²) in [6.07, 6.45) is -1.00. The molecule has 134 valence electrons. The Morgan fingerprint density at radius 2 is 1.80 bits per heavy atom. The lowest BCUT2D eigenvalue weighted by Crippen LogP contribution is -2.29. The molecule has 0 spiro atoms. The van der Waals surface area contributed by atoms with Crippen LogP contribution >= 0.6 is 0 Å². The standard InChI is InChI=1S/C17H19F3N4O/c18-17(19,20)14-10-15(25)23-16(22-14)21-11-12-4-6-13(7-5-12)24-8-2-1-3-9-24/h4-7,10H,1-3,8-9,11H2,(H2,21,22,23,25). The van der Waals surface area contributed by atoms with E-state index in [4.69, 9.17) is 0 Å². The number of halogens is 3. The lowest BCUT2D eigenvalue weighted by molar-refractivity contribution is -0.141. The summed E-state index contributed by atoms with van der Waals surface area (Å²) >= 11 is 0. The van der Waals surface area contributed by atoms with Gasteiger partial charge in [0.05, 0.1) is 0 Å². The monoisotopic (exact) mass is 352 g/mol. The van der Waals surface area contributed by atoms with E-state index in [1.165, 1.54) is 19.3 Å². The number of alkyl halides is 3. The zero-order valence-corrected chi connectivity index (χ0v) is 13.6. The average Bonchev–Trinajstić information content (AvgIpc) is 2.60. The van der Waals surface area contributed by atoms with Crippen LogP contribution in [0.2, 0.25) is 0 Å². The number of hydrogen-bond acceptors (Lipinski definition) is 4. The van der Waals surface area contributed by atoms with Crippen molar-refractivity contribution in [1.29, 1.82) is 0 Å². The number of H-pyrrole nitrogens is 1. The zero-order chi connectivity index (χ0) is 17.9. The maximum atomic E-state index is 12.7. The molecular weight excluding hydrogens is 333 g/mol. The number of hydrogen-bond donors (Lipinski definition) is 2. The van der Waals surface area contributed by atoms with Crippen LogP contribution in [0.3, 0.4) is 0 Å². The number of nitrogens with zero attached hydrogens (tertiary/aromatic N) is 2. The third-order valence-corrected chi connectivity index (χ3v) is 4.15. The minimum atomic E-state index is -4.65. The van der Waals surface area contributed by atoms with Crippen LogP contribution in [0.4, 0.5) is 24.8 Å². The molecule has 2 aromatic rings. The molecule has 0 unspecified atom stereocenters. The summed E-state index contributed by atoms with van der Waals surface area (Å²) < 4.78 is 38.1. The molecule has 3 rings (SSSR count). The van der Waals surface area contributed by atoms with Crippen LogP contribution in [0.5, 0.6) is 0 Å². The Hall–Kier alpha value is -2.51. The molecule has 0 saturated carbocycles. The van der Waals surface area contributed by atoms with Gasteiger partial charge in [-0.1, -0.05) is 12.1 Å². The predicted molar refractivity (Wildman–Crippen MR) is 89.7 cm³/mol. The molecule has 0 atom stereocenters. The van der Waals surface area contributed by atoms with Gasteiger partial charge in [-0.25, -0.2) is 4.98 Å². The molecule has 1 aliphatic rings. The molecule has 25 heavy (non-hydrogen) atoms. The number of aromatic amines is 1. The van der Waals surface area contributed by atoms with Crippen LogP contribution in [0.25, 0.3) is 0 Å². The number of rotatable bonds is 4. The fraction of sp³-hybridized carbons (Fsp3) is 0.412. The largest absolute Gasteiger partial charge is 0.433 e. The van der Waals surface area contributed by atoms with E-state index in [1.807, 2.05) is 24.3 Å². The molecule has 8 heteroatoms. The molecule has 0 bridgehead atoms. The summed E-state index contributed by atoms with van der Waals surface area (Å²) in [6, 6.07) is 8.29. The first-order chi connectivity index (χ1) is 11.9. The number of aromatic nitrogens is 2. The quantitative estimate of drug-likeness (QED) is 0.885. The van der Waals surface area contributed by atoms with Crippen molar-refractivity contribution < 1.29 is 13.2 Å². The van der Waals surface area contributed by atoms with E-state index in [-0.39, 0.29) is 12.5 Å². The number of nitrogens with one attached hydrogen (secondary N) is 2. The molecule has 1 aliphatic heterocycles. The summed E-state index contributed by atoms with van der Waals surface area (Å²) in [7, 11) is 0. The molecule has 1 saturated heterocycles. The van der Waals surface area contributed by atoms with Gasteiger partial charge in [0, 0.05) is 31.4 Å². The van der Waals surface area contributed by atoms with Crippen molar-refractivity contribution in [3.63, 3.8) is 0 Å². The summed E-state index contributed by atoms with van der Waals surface area (Å²) in [5.74, 6) is -0.195. The Bertz CT molecular complexity index is 765. The minimum Gasteiger partial charge on any atom is -0.372 e. The van der Waals surface area contributed by atoms with Crippen molar-refractivity contribution in [1.82, 2.24) is 9.97 Å². The van der Waals surface area contributed by atoms with E-state index >= 15 is 0 Å². The van der Waals surface area contributed by atoms with E-state index < -0.39 is 17.4 Å². The summed E-state index contributed by atoms with van der Waals surface area (Å²) in [5.41, 5.74) is -0.0145. The molecule has 1 aromatic heterocycles. The normalized spacial score (nSPS) is 15.2. The van der Waals surface area contributed by atoms with E-state index in [0.717, 1.165) is 24.3 Å². The highest BCUT2D eigenvalue weighted by Crippen LogP contribution is 2.27. The van der Waals surface area contributed by atoms with Crippen LogP contribution in [-0.4, -0.2) is 23.1 Å². The van der Waals surface area contributed by atoms with Crippen LogP contribution in [0, 0.1) is 0 Å². The van der Waals surface area contributed by atoms with Gasteiger partial charge in [0.1, 0.15) is 0 Å². The van der Waals surface area contributed by atoms with Gasteiger partial charge in [-0.15, -0.1) is 0 Å². The molecule has 0 amide bonds. The molecule has 0 radical (unpaired) electrons. The van der Waals surface area contributed by atoms with Gasteiger partial charge in [0.25, 0.3) is 5.56 Å². The third-order valence-electron chi connectivity index (χ3n) is 4.15. The fourth-order valence-corrected chi connectivity index (χ4v) is 2.85. The highest BCUT2D eigenvalue weighted by atomic mass is 19.4. The van der Waals surface area contributed by atoms with Gasteiger partial charge in [-0.3, -0.25) is 9.78 Å².